The van der Waals surface area contributed by atoms with E-state index in [0.717, 1.165) is 0 Å². The van der Waals surface area contributed by atoms with E-state index in [4.69, 9.17) is 33.8 Å². The molecule has 4 atom stereocenters. The van der Waals surface area contributed by atoms with E-state index in [9.17, 15) is 38.7 Å². The second kappa shape index (κ2) is 17.9. The van der Waals surface area contributed by atoms with Crippen LogP contribution in [0, 0.1) is 0 Å². The Morgan fingerprint density at radius 3 is 1.51 bits per heavy atom. The van der Waals surface area contributed by atoms with Crippen LogP contribution >= 0.6 is 0 Å². The number of primary amides is 2. The van der Waals surface area contributed by atoms with Crippen LogP contribution in [0.1, 0.15) is 51.4 Å². The van der Waals surface area contributed by atoms with E-state index in [0.29, 0.717) is 6.42 Å². The van der Waals surface area contributed by atoms with E-state index in [-0.39, 0.29) is 51.0 Å². The fourth-order valence-corrected chi connectivity index (χ4v) is 3.11. The molecule has 0 rings (SSSR count). The number of aliphatic imine (C=N–C) groups is 1. The smallest absolute Gasteiger partial charge is 0.326 e. The second-order valence-electron chi connectivity index (χ2n) is 8.52. The molecule has 0 heterocycles. The van der Waals surface area contributed by atoms with Crippen LogP contribution in [0.5, 0.6) is 0 Å². The molecular formula is C21H37N9O9. The van der Waals surface area contributed by atoms with Gasteiger partial charge in [-0.05, 0) is 32.1 Å². The number of hydrogen-bond donors (Lipinski definition) is 10. The first kappa shape index (κ1) is 34.5. The first-order valence-corrected chi connectivity index (χ1v) is 11.9. The van der Waals surface area contributed by atoms with Gasteiger partial charge in [-0.25, -0.2) is 4.79 Å². The Morgan fingerprint density at radius 2 is 1.08 bits per heavy atom. The van der Waals surface area contributed by atoms with Crippen molar-refractivity contribution in [2.45, 2.75) is 75.5 Å². The van der Waals surface area contributed by atoms with Gasteiger partial charge in [-0.1, -0.05) is 0 Å². The molecule has 0 spiro atoms. The summed E-state index contributed by atoms with van der Waals surface area (Å²) in [4.78, 5) is 86.8. The Labute approximate surface area is 223 Å². The number of guanidine groups is 1. The highest BCUT2D eigenvalue weighted by Crippen LogP contribution is 2.06. The standard InChI is InChI=1S/C21H37N9O9/c22-10(2-1-9-27-21(25)26)17(35)28-12(5-8-16(33)34)18(36)29-11(3-6-14(23)31)19(37)30-13(20(38)39)4-7-15(24)32/h10-13H,1-9,22H2,(H2,23,31)(H2,24,32)(H,28,35)(H,29,36)(H,30,37)(H,33,34)(H,38,39)(H4,25,26,27). The first-order valence-electron chi connectivity index (χ1n) is 11.9. The lowest BCUT2D eigenvalue weighted by atomic mass is 10.0. The van der Waals surface area contributed by atoms with E-state index in [1.165, 1.54) is 0 Å². The van der Waals surface area contributed by atoms with Crippen LogP contribution in [0.3, 0.4) is 0 Å². The molecule has 18 nitrogen and oxygen atoms in total. The SMILES string of the molecule is NC(=O)CCC(NC(=O)C(CCC(N)=O)NC(=O)C(CCC(=O)O)NC(=O)C(N)CCCN=C(N)N)C(=O)O. The number of carboxylic acids is 2. The third kappa shape index (κ3) is 16.1. The van der Waals surface area contributed by atoms with Crippen LogP contribution < -0.4 is 44.6 Å². The molecule has 15 N–H and O–H groups in total. The van der Waals surface area contributed by atoms with Gasteiger partial charge >= 0.3 is 11.9 Å². The highest BCUT2D eigenvalue weighted by molar-refractivity contribution is 5.94. The number of aliphatic carboxylic acids is 2. The summed E-state index contributed by atoms with van der Waals surface area (Å²) in [5.41, 5.74) is 26.4. The summed E-state index contributed by atoms with van der Waals surface area (Å²) in [6.07, 6.45) is -1.89. The van der Waals surface area contributed by atoms with Gasteiger partial charge in [-0.2, -0.15) is 0 Å². The molecule has 0 saturated carbocycles. The predicted molar refractivity (Wildman–Crippen MR) is 135 cm³/mol. The summed E-state index contributed by atoms with van der Waals surface area (Å²) in [6.45, 7) is 0.194. The van der Waals surface area contributed by atoms with Crippen molar-refractivity contribution in [2.75, 3.05) is 6.54 Å². The average molecular weight is 560 g/mol. The second-order valence-corrected chi connectivity index (χ2v) is 8.52. The predicted octanol–water partition coefficient (Wildman–Crippen LogP) is -4.70. The lowest BCUT2D eigenvalue weighted by Gasteiger charge is -2.25. The maximum absolute atomic E-state index is 13.0. The fourth-order valence-electron chi connectivity index (χ4n) is 3.11. The number of nitrogens with zero attached hydrogens (tertiary/aromatic N) is 1. The summed E-state index contributed by atoms with van der Waals surface area (Å²) < 4.78 is 0. The lowest BCUT2D eigenvalue weighted by molar-refractivity contribution is -0.142. The molecule has 18 heteroatoms. The maximum atomic E-state index is 13.0. The largest absolute Gasteiger partial charge is 0.481 e. The van der Waals surface area contributed by atoms with Gasteiger partial charge < -0.3 is 54.8 Å². The molecule has 0 aliphatic rings. The van der Waals surface area contributed by atoms with Crippen molar-refractivity contribution in [3.63, 3.8) is 0 Å². The van der Waals surface area contributed by atoms with Gasteiger partial charge in [0.1, 0.15) is 18.1 Å². The number of hydrogen-bond acceptors (Lipinski definition) is 9. The normalized spacial score (nSPS) is 13.6. The molecule has 0 saturated heterocycles. The van der Waals surface area contributed by atoms with E-state index in [2.05, 4.69) is 20.9 Å². The van der Waals surface area contributed by atoms with E-state index in [1.54, 1.807) is 0 Å². The van der Waals surface area contributed by atoms with E-state index in [1.807, 2.05) is 0 Å². The topological polar surface area (TPSA) is 338 Å². The molecule has 0 aromatic rings. The van der Waals surface area contributed by atoms with Crippen molar-refractivity contribution in [1.29, 1.82) is 0 Å². The third-order valence-corrected chi connectivity index (χ3v) is 5.19. The quantitative estimate of drug-likeness (QED) is 0.0382. The first-order chi connectivity index (χ1) is 18.1. The molecular weight excluding hydrogens is 522 g/mol. The molecule has 0 aromatic carbocycles. The van der Waals surface area contributed by atoms with Crippen molar-refractivity contribution in [3.05, 3.63) is 0 Å². The molecule has 0 bridgehead atoms. The number of carbonyl (C=O) groups excluding carboxylic acids is 5. The minimum atomic E-state index is -1.54. The summed E-state index contributed by atoms with van der Waals surface area (Å²) in [6, 6.07) is -5.60. The summed E-state index contributed by atoms with van der Waals surface area (Å²) in [5, 5.41) is 25.1. The molecule has 0 radical (unpaired) electrons. The summed E-state index contributed by atoms with van der Waals surface area (Å²) in [7, 11) is 0. The Hall–Kier alpha value is -4.48. The Kier molecular flexibility index (Phi) is 15.8. The maximum Gasteiger partial charge on any atom is 0.326 e. The fraction of sp³-hybridized carbons (Fsp3) is 0.619. The van der Waals surface area contributed by atoms with Gasteiger partial charge in [-0.15, -0.1) is 0 Å². The number of nitrogens with one attached hydrogen (secondary N) is 3. The molecule has 0 aliphatic heterocycles. The van der Waals surface area contributed by atoms with Crippen molar-refractivity contribution in [2.24, 2.45) is 33.7 Å². The average Bonchev–Trinajstić information content (AvgIpc) is 2.83. The molecule has 39 heavy (non-hydrogen) atoms. The molecule has 5 amide bonds. The minimum absolute atomic E-state index is 0.126. The minimum Gasteiger partial charge on any atom is -0.481 e. The van der Waals surface area contributed by atoms with Gasteiger partial charge in [0.2, 0.25) is 29.5 Å². The van der Waals surface area contributed by atoms with Gasteiger partial charge in [-0.3, -0.25) is 33.8 Å². The number of carboxylic acid groups (broad SMARTS) is 2. The van der Waals surface area contributed by atoms with Crippen LogP contribution in [-0.4, -0.2) is 88.4 Å². The molecule has 0 fully saturated rings. The van der Waals surface area contributed by atoms with Crippen molar-refractivity contribution >= 4 is 47.4 Å². The summed E-state index contributed by atoms with van der Waals surface area (Å²) >= 11 is 0. The number of nitrogens with two attached hydrogens (primary N) is 5. The van der Waals surface area contributed by atoms with Crippen molar-refractivity contribution < 1.29 is 43.8 Å². The lowest BCUT2D eigenvalue weighted by Crippen LogP contribution is -2.57. The molecule has 0 aromatic heterocycles. The zero-order valence-corrected chi connectivity index (χ0v) is 21.3. The zero-order chi connectivity index (χ0) is 30.1. The third-order valence-electron chi connectivity index (χ3n) is 5.19. The van der Waals surface area contributed by atoms with Crippen molar-refractivity contribution in [1.82, 2.24) is 16.0 Å². The number of rotatable bonds is 20. The van der Waals surface area contributed by atoms with Gasteiger partial charge in [0, 0.05) is 25.8 Å². The molecule has 220 valence electrons. The zero-order valence-electron chi connectivity index (χ0n) is 21.3. The van der Waals surface area contributed by atoms with Crippen LogP contribution in [0.2, 0.25) is 0 Å². The Balaban J connectivity index is 5.58. The van der Waals surface area contributed by atoms with Gasteiger partial charge in [0.15, 0.2) is 5.96 Å². The van der Waals surface area contributed by atoms with Crippen LogP contribution in [0.4, 0.5) is 0 Å². The van der Waals surface area contributed by atoms with Crippen LogP contribution in [0.15, 0.2) is 4.99 Å². The summed E-state index contributed by atoms with van der Waals surface area (Å²) in [5.74, 6) is -7.34. The van der Waals surface area contributed by atoms with Crippen LogP contribution in [-0.2, 0) is 33.6 Å². The van der Waals surface area contributed by atoms with Crippen molar-refractivity contribution in [3.8, 4) is 0 Å². The highest BCUT2D eigenvalue weighted by atomic mass is 16.4. The monoisotopic (exact) mass is 559 g/mol. The molecule has 4 unspecified atom stereocenters. The van der Waals surface area contributed by atoms with Crippen LogP contribution in [0.25, 0.3) is 0 Å². The Bertz CT molecular complexity index is 938. The number of carbonyl (C=O) groups is 7. The number of amides is 5. The van der Waals surface area contributed by atoms with E-state index >= 15 is 0 Å². The van der Waals surface area contributed by atoms with Gasteiger partial charge in [0.25, 0.3) is 0 Å². The molecule has 0 aliphatic carbocycles. The van der Waals surface area contributed by atoms with Gasteiger partial charge in [0.05, 0.1) is 6.04 Å². The van der Waals surface area contributed by atoms with E-state index < -0.39 is 72.1 Å². The highest BCUT2D eigenvalue weighted by Gasteiger charge is 2.31. The Morgan fingerprint density at radius 1 is 0.641 bits per heavy atom.